The molecule has 4 aromatic rings. The third-order valence-electron chi connectivity index (χ3n) is 6.03. The standard InChI is InChI=1S/C24H32N6/c1-8-11-19-12-14(4)27-29-21(16(6)25-23(19)29)22-17(7)26-24-20(18(9-2)10-3)13-15(5)28-30(22)24/h12-13,18H,8-11H2,1-7H3. The van der Waals surface area contributed by atoms with Gasteiger partial charge < -0.3 is 0 Å². The average molecular weight is 405 g/mol. The second-order valence-corrected chi connectivity index (χ2v) is 8.38. The van der Waals surface area contributed by atoms with Crippen LogP contribution in [0, 0.1) is 27.7 Å². The zero-order chi connectivity index (χ0) is 21.6. The van der Waals surface area contributed by atoms with Crippen molar-refractivity contribution >= 4 is 11.3 Å². The molecule has 0 unspecified atom stereocenters. The van der Waals surface area contributed by atoms with E-state index >= 15 is 0 Å². The smallest absolute Gasteiger partial charge is 0.158 e. The van der Waals surface area contributed by atoms with Gasteiger partial charge in [0.15, 0.2) is 11.3 Å². The molecule has 0 spiro atoms. The van der Waals surface area contributed by atoms with Crippen LogP contribution in [-0.4, -0.2) is 29.2 Å². The monoisotopic (exact) mass is 404 g/mol. The third kappa shape index (κ3) is 3.18. The van der Waals surface area contributed by atoms with E-state index in [1.165, 1.54) is 11.1 Å². The fraction of sp³-hybridized carbons (Fsp3) is 0.500. The van der Waals surface area contributed by atoms with Crippen molar-refractivity contribution in [3.8, 4) is 11.4 Å². The largest absolute Gasteiger partial charge is 0.231 e. The summed E-state index contributed by atoms with van der Waals surface area (Å²) in [6, 6.07) is 4.36. The Morgan fingerprint density at radius 2 is 1.30 bits per heavy atom. The number of hydrogen-bond donors (Lipinski definition) is 0. The molecule has 0 amide bonds. The lowest BCUT2D eigenvalue weighted by atomic mass is 9.95. The molecule has 0 saturated heterocycles. The average Bonchev–Trinajstić information content (AvgIpc) is 3.18. The van der Waals surface area contributed by atoms with Gasteiger partial charge in [0.1, 0.15) is 11.4 Å². The molecule has 4 aromatic heterocycles. The van der Waals surface area contributed by atoms with Gasteiger partial charge in [-0.05, 0) is 70.6 Å². The Balaban J connectivity index is 2.07. The maximum atomic E-state index is 4.99. The Labute approximate surface area is 178 Å². The maximum absolute atomic E-state index is 4.99. The zero-order valence-corrected chi connectivity index (χ0v) is 19.2. The predicted octanol–water partition coefficient (Wildman–Crippen LogP) is 5.53. The van der Waals surface area contributed by atoms with Gasteiger partial charge in [-0.15, -0.1) is 0 Å². The molecule has 0 aliphatic rings. The summed E-state index contributed by atoms with van der Waals surface area (Å²) in [5.41, 5.74) is 10.3. The van der Waals surface area contributed by atoms with Gasteiger partial charge in [0.05, 0.1) is 22.8 Å². The molecule has 6 nitrogen and oxygen atoms in total. The number of aromatic nitrogens is 6. The van der Waals surface area contributed by atoms with Crippen molar-refractivity contribution in [2.24, 2.45) is 0 Å². The van der Waals surface area contributed by atoms with E-state index < -0.39 is 0 Å². The summed E-state index contributed by atoms with van der Waals surface area (Å²) in [5.74, 6) is 0.476. The van der Waals surface area contributed by atoms with Crippen LogP contribution < -0.4 is 0 Å². The fourth-order valence-electron chi connectivity index (χ4n) is 4.63. The molecule has 0 aliphatic heterocycles. The normalized spacial score (nSPS) is 12.0. The molecular weight excluding hydrogens is 372 g/mol. The zero-order valence-electron chi connectivity index (χ0n) is 19.2. The minimum absolute atomic E-state index is 0.476. The van der Waals surface area contributed by atoms with E-state index in [4.69, 9.17) is 20.2 Å². The summed E-state index contributed by atoms with van der Waals surface area (Å²) in [6.45, 7) is 14.9. The molecule has 0 atom stereocenters. The molecule has 0 radical (unpaired) electrons. The molecule has 0 aliphatic carbocycles. The van der Waals surface area contributed by atoms with Crippen LogP contribution in [0.5, 0.6) is 0 Å². The Morgan fingerprint density at radius 3 is 1.87 bits per heavy atom. The molecule has 30 heavy (non-hydrogen) atoms. The Morgan fingerprint density at radius 1 is 0.767 bits per heavy atom. The molecule has 158 valence electrons. The molecule has 0 N–H and O–H groups in total. The summed E-state index contributed by atoms with van der Waals surface area (Å²) in [4.78, 5) is 9.91. The lowest BCUT2D eigenvalue weighted by molar-refractivity contribution is 0.638. The molecule has 4 heterocycles. The third-order valence-corrected chi connectivity index (χ3v) is 6.03. The molecule has 0 fully saturated rings. The van der Waals surface area contributed by atoms with E-state index in [2.05, 4.69) is 53.7 Å². The molecule has 0 bridgehead atoms. The summed E-state index contributed by atoms with van der Waals surface area (Å²) < 4.78 is 4.03. The number of fused-ring (bicyclic) bond motifs is 2. The molecule has 4 rings (SSSR count). The van der Waals surface area contributed by atoms with Crippen molar-refractivity contribution < 1.29 is 0 Å². The topological polar surface area (TPSA) is 60.4 Å². The number of rotatable bonds is 6. The van der Waals surface area contributed by atoms with Gasteiger partial charge in [0, 0.05) is 5.56 Å². The van der Waals surface area contributed by atoms with Crippen molar-refractivity contribution in [2.75, 3.05) is 0 Å². The van der Waals surface area contributed by atoms with E-state index in [0.29, 0.717) is 5.92 Å². The first-order valence-corrected chi connectivity index (χ1v) is 11.1. The summed E-state index contributed by atoms with van der Waals surface area (Å²) >= 11 is 0. The number of hydrogen-bond acceptors (Lipinski definition) is 4. The molecular formula is C24H32N6. The summed E-state index contributed by atoms with van der Waals surface area (Å²) in [6.07, 6.45) is 4.25. The van der Waals surface area contributed by atoms with Crippen LogP contribution in [0.15, 0.2) is 12.1 Å². The van der Waals surface area contributed by atoms with Crippen LogP contribution in [0.4, 0.5) is 0 Å². The van der Waals surface area contributed by atoms with Gasteiger partial charge in [-0.3, -0.25) is 0 Å². The van der Waals surface area contributed by atoms with E-state index in [9.17, 15) is 0 Å². The van der Waals surface area contributed by atoms with Gasteiger partial charge >= 0.3 is 0 Å². The summed E-state index contributed by atoms with van der Waals surface area (Å²) in [5, 5.41) is 9.72. The lowest BCUT2D eigenvalue weighted by Crippen LogP contribution is -2.07. The van der Waals surface area contributed by atoms with Gasteiger partial charge in [-0.25, -0.2) is 19.0 Å². The SMILES string of the molecule is CCCc1cc(C)nn2c(-c3c(C)nc4c(C(CC)CC)cc(C)nn34)c(C)nc12. The molecule has 0 saturated carbocycles. The van der Waals surface area contributed by atoms with Gasteiger partial charge in [-0.1, -0.05) is 27.2 Å². The van der Waals surface area contributed by atoms with E-state index in [-0.39, 0.29) is 0 Å². The van der Waals surface area contributed by atoms with Gasteiger partial charge in [0.25, 0.3) is 0 Å². The highest BCUT2D eigenvalue weighted by molar-refractivity contribution is 5.71. The van der Waals surface area contributed by atoms with E-state index in [1.54, 1.807) is 0 Å². The second kappa shape index (κ2) is 7.82. The van der Waals surface area contributed by atoms with Crippen molar-refractivity contribution in [1.29, 1.82) is 0 Å². The van der Waals surface area contributed by atoms with Crippen molar-refractivity contribution in [1.82, 2.24) is 29.2 Å². The van der Waals surface area contributed by atoms with Crippen LogP contribution in [0.25, 0.3) is 22.7 Å². The Bertz CT molecular complexity index is 1230. The fourth-order valence-corrected chi connectivity index (χ4v) is 4.63. The number of aryl methyl sites for hydroxylation is 5. The van der Waals surface area contributed by atoms with Gasteiger partial charge in [0.2, 0.25) is 0 Å². The molecule has 6 heteroatoms. The first-order valence-electron chi connectivity index (χ1n) is 11.1. The first-order chi connectivity index (χ1) is 14.4. The highest BCUT2D eigenvalue weighted by Crippen LogP contribution is 2.33. The summed E-state index contributed by atoms with van der Waals surface area (Å²) in [7, 11) is 0. The van der Waals surface area contributed by atoms with Crippen LogP contribution >= 0.6 is 0 Å². The first kappa shape index (κ1) is 20.5. The maximum Gasteiger partial charge on any atom is 0.158 e. The quantitative estimate of drug-likeness (QED) is 0.424. The second-order valence-electron chi connectivity index (χ2n) is 8.38. The van der Waals surface area contributed by atoms with Gasteiger partial charge in [-0.2, -0.15) is 10.2 Å². The predicted molar refractivity (Wildman–Crippen MR) is 121 cm³/mol. The van der Waals surface area contributed by atoms with E-state index in [0.717, 1.165) is 71.1 Å². The molecule has 0 aromatic carbocycles. The number of nitrogens with zero attached hydrogens (tertiary/aromatic N) is 6. The van der Waals surface area contributed by atoms with Crippen LogP contribution in [0.2, 0.25) is 0 Å². The van der Waals surface area contributed by atoms with Crippen molar-refractivity contribution in [3.63, 3.8) is 0 Å². The highest BCUT2D eigenvalue weighted by Gasteiger charge is 2.24. The Hall–Kier alpha value is -2.76. The van der Waals surface area contributed by atoms with E-state index in [1.807, 2.05) is 16.0 Å². The van der Waals surface area contributed by atoms with Crippen LogP contribution in [-0.2, 0) is 6.42 Å². The van der Waals surface area contributed by atoms with Crippen molar-refractivity contribution in [2.45, 2.75) is 80.1 Å². The Kier molecular flexibility index (Phi) is 5.35. The lowest BCUT2D eigenvalue weighted by Gasteiger charge is -2.14. The van der Waals surface area contributed by atoms with Crippen LogP contribution in [0.3, 0.4) is 0 Å². The number of imidazole rings is 2. The minimum Gasteiger partial charge on any atom is -0.231 e. The van der Waals surface area contributed by atoms with Crippen molar-refractivity contribution in [3.05, 3.63) is 46.0 Å². The highest BCUT2D eigenvalue weighted by atomic mass is 15.3. The van der Waals surface area contributed by atoms with Crippen LogP contribution in [0.1, 0.15) is 79.9 Å². The minimum atomic E-state index is 0.476.